The van der Waals surface area contributed by atoms with Gasteiger partial charge in [0.25, 0.3) is 0 Å². The molecule has 0 bridgehead atoms. The van der Waals surface area contributed by atoms with Gasteiger partial charge in [-0.05, 0) is 43.5 Å². The van der Waals surface area contributed by atoms with Crippen LogP contribution in [0, 0.1) is 0 Å². The van der Waals surface area contributed by atoms with Crippen molar-refractivity contribution in [2.24, 2.45) is 0 Å². The molecule has 0 aliphatic carbocycles. The van der Waals surface area contributed by atoms with E-state index in [1.54, 1.807) is 17.8 Å². The number of thioether (sulfide) groups is 1. The molecule has 0 aliphatic heterocycles. The van der Waals surface area contributed by atoms with Crippen LogP contribution >= 0.6 is 11.8 Å². The van der Waals surface area contributed by atoms with Gasteiger partial charge in [-0.15, -0.1) is 11.8 Å². The number of carbonyl (C=O) groups excluding carboxylic acids is 1. The first-order chi connectivity index (χ1) is 12.8. The summed E-state index contributed by atoms with van der Waals surface area (Å²) >= 11 is 1.55. The van der Waals surface area contributed by atoms with E-state index >= 15 is 0 Å². The summed E-state index contributed by atoms with van der Waals surface area (Å²) in [6.45, 7) is 1.48. The second kappa shape index (κ2) is 9.12. The van der Waals surface area contributed by atoms with Crippen molar-refractivity contribution in [3.8, 4) is 11.5 Å². The quantitative estimate of drug-likeness (QED) is 0.650. The van der Waals surface area contributed by atoms with E-state index in [9.17, 15) is 13.2 Å². The third-order valence-electron chi connectivity index (χ3n) is 3.73. The first-order valence-corrected chi connectivity index (χ1v) is 10.7. The summed E-state index contributed by atoms with van der Waals surface area (Å²) in [5, 5.41) is 2.71. The molecule has 0 saturated carbocycles. The molecule has 146 valence electrons. The number of carbonyl (C=O) groups is 1. The van der Waals surface area contributed by atoms with E-state index in [4.69, 9.17) is 9.47 Å². The summed E-state index contributed by atoms with van der Waals surface area (Å²) in [5.41, 5.74) is 0.601. The molecule has 27 heavy (non-hydrogen) atoms. The summed E-state index contributed by atoms with van der Waals surface area (Å²) in [4.78, 5) is 13.3. The molecule has 0 aliphatic rings. The Hall–Kier alpha value is -2.23. The summed E-state index contributed by atoms with van der Waals surface area (Å²) in [6, 6.07) is 10.5. The van der Waals surface area contributed by atoms with Gasteiger partial charge in [-0.2, -0.15) is 4.72 Å². The number of ether oxygens (including phenoxy) is 2. The average molecular weight is 411 g/mol. The minimum absolute atomic E-state index is 0.0239. The van der Waals surface area contributed by atoms with E-state index in [2.05, 4.69) is 10.0 Å². The van der Waals surface area contributed by atoms with Crippen molar-refractivity contribution in [3.63, 3.8) is 0 Å². The molecule has 0 heterocycles. The van der Waals surface area contributed by atoms with Crippen molar-refractivity contribution in [1.29, 1.82) is 0 Å². The number of nitrogens with one attached hydrogen (secondary N) is 2. The van der Waals surface area contributed by atoms with Gasteiger partial charge in [0.2, 0.25) is 15.9 Å². The summed E-state index contributed by atoms with van der Waals surface area (Å²) in [5.74, 6) is 0.236. The molecule has 0 saturated heterocycles. The zero-order chi connectivity index (χ0) is 20.0. The van der Waals surface area contributed by atoms with Crippen LogP contribution in [0.2, 0.25) is 0 Å². The molecule has 1 atom stereocenters. The molecular weight excluding hydrogens is 388 g/mol. The number of anilines is 1. The second-order valence-electron chi connectivity index (χ2n) is 5.58. The van der Waals surface area contributed by atoms with Gasteiger partial charge in [-0.25, -0.2) is 8.42 Å². The molecule has 0 radical (unpaired) electrons. The Balaban J connectivity index is 2.13. The fraction of sp³-hybridized carbons (Fsp3) is 0.278. The molecule has 2 rings (SSSR count). The molecular formula is C18H22N2O5S2. The Bertz CT molecular complexity index is 916. The zero-order valence-corrected chi connectivity index (χ0v) is 17.1. The second-order valence-corrected chi connectivity index (χ2v) is 8.17. The van der Waals surface area contributed by atoms with Crippen LogP contribution in [0.1, 0.15) is 6.92 Å². The van der Waals surface area contributed by atoms with Gasteiger partial charge in [-0.1, -0.05) is 6.07 Å². The SMILES string of the molecule is COc1ccc(S(=O)(=O)N[C@H](C)C(=O)Nc2cccc(SC)c2)cc1OC. The van der Waals surface area contributed by atoms with Crippen LogP contribution in [0.5, 0.6) is 11.5 Å². The molecule has 0 fully saturated rings. The lowest BCUT2D eigenvalue weighted by molar-refractivity contribution is -0.117. The third-order valence-corrected chi connectivity index (χ3v) is 5.99. The van der Waals surface area contributed by atoms with Crippen molar-refractivity contribution in [3.05, 3.63) is 42.5 Å². The maximum absolute atomic E-state index is 12.6. The standard InChI is InChI=1S/C18H22N2O5S2/c1-12(18(21)19-13-6-5-7-14(10-13)26-4)20-27(22,23)15-8-9-16(24-2)17(11-15)25-3/h5-12,20H,1-4H3,(H,19,21)/t12-/m1/s1. The normalized spacial score (nSPS) is 12.3. The minimum atomic E-state index is -3.92. The van der Waals surface area contributed by atoms with E-state index in [1.807, 2.05) is 24.5 Å². The fourth-order valence-electron chi connectivity index (χ4n) is 2.29. The number of amides is 1. The van der Waals surface area contributed by atoms with Gasteiger partial charge >= 0.3 is 0 Å². The minimum Gasteiger partial charge on any atom is -0.493 e. The van der Waals surface area contributed by atoms with Crippen LogP contribution in [0.4, 0.5) is 5.69 Å². The topological polar surface area (TPSA) is 93.7 Å². The van der Waals surface area contributed by atoms with Gasteiger partial charge in [0.15, 0.2) is 11.5 Å². The van der Waals surface area contributed by atoms with Crippen LogP contribution in [-0.2, 0) is 14.8 Å². The van der Waals surface area contributed by atoms with Crippen molar-refractivity contribution in [1.82, 2.24) is 4.72 Å². The number of hydrogen-bond donors (Lipinski definition) is 2. The number of rotatable bonds is 8. The van der Waals surface area contributed by atoms with E-state index in [1.165, 1.54) is 39.3 Å². The maximum Gasteiger partial charge on any atom is 0.242 e. The predicted molar refractivity (Wildman–Crippen MR) is 106 cm³/mol. The fourth-order valence-corrected chi connectivity index (χ4v) is 3.97. The zero-order valence-electron chi connectivity index (χ0n) is 15.5. The van der Waals surface area contributed by atoms with E-state index < -0.39 is 22.0 Å². The van der Waals surface area contributed by atoms with Crippen LogP contribution in [0.25, 0.3) is 0 Å². The molecule has 0 aromatic heterocycles. The summed E-state index contributed by atoms with van der Waals surface area (Å²) < 4.78 is 37.8. The highest BCUT2D eigenvalue weighted by atomic mass is 32.2. The Morgan fingerprint density at radius 2 is 1.78 bits per heavy atom. The highest BCUT2D eigenvalue weighted by Crippen LogP contribution is 2.29. The van der Waals surface area contributed by atoms with E-state index in [-0.39, 0.29) is 10.6 Å². The van der Waals surface area contributed by atoms with Gasteiger partial charge in [0, 0.05) is 16.6 Å². The molecule has 0 unspecified atom stereocenters. The lowest BCUT2D eigenvalue weighted by Gasteiger charge is -2.16. The molecule has 1 amide bonds. The highest BCUT2D eigenvalue weighted by Gasteiger charge is 2.23. The maximum atomic E-state index is 12.6. The van der Waals surface area contributed by atoms with Crippen molar-refractivity contribution < 1.29 is 22.7 Å². The summed E-state index contributed by atoms with van der Waals surface area (Å²) in [7, 11) is -1.04. The average Bonchev–Trinajstić information content (AvgIpc) is 2.67. The number of hydrogen-bond acceptors (Lipinski definition) is 6. The monoisotopic (exact) mass is 410 g/mol. The Morgan fingerprint density at radius 3 is 2.41 bits per heavy atom. The van der Waals surface area contributed by atoms with E-state index in [0.717, 1.165) is 4.90 Å². The lowest BCUT2D eigenvalue weighted by atomic mass is 10.3. The number of methoxy groups -OCH3 is 2. The van der Waals surface area contributed by atoms with Gasteiger partial charge in [0.1, 0.15) is 0 Å². The largest absolute Gasteiger partial charge is 0.493 e. The first-order valence-electron chi connectivity index (χ1n) is 8.00. The van der Waals surface area contributed by atoms with Crippen LogP contribution in [-0.4, -0.2) is 40.8 Å². The Morgan fingerprint density at radius 1 is 1.07 bits per heavy atom. The number of benzene rings is 2. The van der Waals surface area contributed by atoms with Crippen molar-refractivity contribution in [2.75, 3.05) is 25.8 Å². The smallest absolute Gasteiger partial charge is 0.242 e. The third kappa shape index (κ3) is 5.38. The molecule has 7 nitrogen and oxygen atoms in total. The molecule has 2 N–H and O–H groups in total. The molecule has 0 spiro atoms. The molecule has 2 aromatic carbocycles. The first kappa shape index (κ1) is 21.1. The highest BCUT2D eigenvalue weighted by molar-refractivity contribution is 7.98. The van der Waals surface area contributed by atoms with E-state index in [0.29, 0.717) is 11.4 Å². The lowest BCUT2D eigenvalue weighted by Crippen LogP contribution is -2.41. The Kier molecular flexibility index (Phi) is 7.11. The predicted octanol–water partition coefficient (Wildman–Crippen LogP) is 2.73. The summed E-state index contributed by atoms with van der Waals surface area (Å²) in [6.07, 6.45) is 1.93. The van der Waals surface area contributed by atoms with Gasteiger partial charge < -0.3 is 14.8 Å². The number of sulfonamides is 1. The Labute approximate surface area is 163 Å². The van der Waals surface area contributed by atoms with Crippen molar-refractivity contribution >= 4 is 33.4 Å². The van der Waals surface area contributed by atoms with Crippen LogP contribution in [0.3, 0.4) is 0 Å². The van der Waals surface area contributed by atoms with Gasteiger partial charge in [-0.3, -0.25) is 4.79 Å². The van der Waals surface area contributed by atoms with Crippen molar-refractivity contribution in [2.45, 2.75) is 22.8 Å². The van der Waals surface area contributed by atoms with Crippen LogP contribution in [0.15, 0.2) is 52.3 Å². The van der Waals surface area contributed by atoms with Crippen LogP contribution < -0.4 is 19.5 Å². The molecule has 2 aromatic rings. The molecule has 9 heteroatoms. The van der Waals surface area contributed by atoms with Gasteiger partial charge in [0.05, 0.1) is 25.2 Å².